The molecule has 19 nitrogen and oxygen atoms in total. The molecule has 3 rings (SSSR count). The fraction of sp³-hybridized carbons (Fsp3) is 0.444. The number of β-lactam (4-membered cyclic amide) rings is 1. The number of carbonyl (C=O) groups is 4. The van der Waals surface area contributed by atoms with E-state index in [1.807, 2.05) is 0 Å². The van der Waals surface area contributed by atoms with Crippen LogP contribution in [-0.2, 0) is 47.4 Å². The molecular weight excluding hydrogens is 623 g/mol. The Kier molecular flexibility index (Phi) is 10.2. The molecule has 232 valence electrons. The minimum Gasteiger partial charge on any atom is -0.478 e. The van der Waals surface area contributed by atoms with Crippen molar-refractivity contribution in [2.75, 3.05) is 5.73 Å². The molecule has 3 heterocycles. The molecule has 0 aliphatic carbocycles. The molecule has 1 aliphatic heterocycles. The van der Waals surface area contributed by atoms with Gasteiger partial charge in [0.25, 0.3) is 11.8 Å². The predicted octanol–water partition coefficient (Wildman–Crippen LogP) is -1.81. The predicted molar refractivity (Wildman–Crippen MR) is 132 cm³/mol. The molecule has 0 bridgehead atoms. The average molecular weight is 646 g/mol. The summed E-state index contributed by atoms with van der Waals surface area (Å²) in [5, 5.41) is 31.5. The summed E-state index contributed by atoms with van der Waals surface area (Å²) in [7, 11) is -4.97. The summed E-state index contributed by atoms with van der Waals surface area (Å²) in [4.78, 5) is 55.7. The summed E-state index contributed by atoms with van der Waals surface area (Å²) in [5.74, 6) is -6.32. The number of hydrogen-bond donors (Lipinski definition) is 6. The number of halogens is 3. The van der Waals surface area contributed by atoms with Crippen LogP contribution in [0.4, 0.5) is 18.3 Å². The van der Waals surface area contributed by atoms with Gasteiger partial charge in [0.15, 0.2) is 10.8 Å². The number of anilines is 1. The van der Waals surface area contributed by atoms with Crippen LogP contribution >= 0.6 is 11.3 Å². The van der Waals surface area contributed by atoms with Gasteiger partial charge in [0, 0.05) is 11.9 Å². The van der Waals surface area contributed by atoms with E-state index in [2.05, 4.69) is 25.7 Å². The Hall–Kier alpha value is -4.42. The van der Waals surface area contributed by atoms with E-state index in [1.165, 1.54) is 25.4 Å². The number of aliphatic carboxylic acids is 2. The van der Waals surface area contributed by atoms with Crippen LogP contribution in [0.25, 0.3) is 0 Å². The van der Waals surface area contributed by atoms with Crippen LogP contribution in [0.5, 0.6) is 0 Å². The van der Waals surface area contributed by atoms with Crippen molar-refractivity contribution in [2.45, 2.75) is 50.8 Å². The van der Waals surface area contributed by atoms with Gasteiger partial charge in [0.2, 0.25) is 5.60 Å². The minimum absolute atomic E-state index is 0.0507. The average Bonchev–Trinajstić information content (AvgIpc) is 3.50. The first-order valence-corrected chi connectivity index (χ1v) is 13.2. The topological polar surface area (TPSA) is 296 Å². The lowest BCUT2D eigenvalue weighted by molar-refractivity contribution is -0.192. The van der Waals surface area contributed by atoms with Gasteiger partial charge in [-0.3, -0.25) is 14.1 Å². The lowest BCUT2D eigenvalue weighted by Crippen LogP contribution is -2.73. The summed E-state index contributed by atoms with van der Waals surface area (Å²) >= 11 is 0.956. The highest BCUT2D eigenvalue weighted by Gasteiger charge is 2.54. The number of carboxylic acid groups (broad SMARTS) is 2. The number of aromatic nitrogens is 4. The van der Waals surface area contributed by atoms with Gasteiger partial charge in [-0.05, 0) is 13.8 Å². The van der Waals surface area contributed by atoms with Gasteiger partial charge in [-0.15, -0.1) is 11.3 Å². The number of oxime groups is 1. The Morgan fingerprint density at radius 3 is 2.26 bits per heavy atom. The summed E-state index contributed by atoms with van der Waals surface area (Å²) in [6.07, 6.45) is -3.76. The van der Waals surface area contributed by atoms with Crippen molar-refractivity contribution < 1.29 is 60.4 Å². The van der Waals surface area contributed by atoms with Crippen LogP contribution in [-0.4, -0.2) is 101 Å². The molecule has 0 unspecified atom stereocenters. The lowest BCUT2D eigenvalue weighted by atomic mass is 9.98. The summed E-state index contributed by atoms with van der Waals surface area (Å²) < 4.78 is 64.8. The summed E-state index contributed by atoms with van der Waals surface area (Å²) in [6.45, 7) is 2.10. The summed E-state index contributed by atoms with van der Waals surface area (Å²) in [6, 6.07) is -2.76. The maximum atomic E-state index is 13.0. The van der Waals surface area contributed by atoms with E-state index < -0.39 is 63.6 Å². The van der Waals surface area contributed by atoms with Gasteiger partial charge in [0.1, 0.15) is 17.8 Å². The van der Waals surface area contributed by atoms with E-state index >= 15 is 0 Å². The molecule has 24 heteroatoms. The monoisotopic (exact) mass is 645 g/mol. The molecule has 2 atom stereocenters. The van der Waals surface area contributed by atoms with E-state index in [0.29, 0.717) is 5.69 Å². The number of nitrogen functional groups attached to an aromatic ring is 1. The number of nitrogens with one attached hydrogen (secondary N) is 1. The Balaban J connectivity index is 0.000000782. The number of hydrogen-bond acceptors (Lipinski definition) is 14. The second-order valence-corrected chi connectivity index (χ2v) is 10.6. The first-order chi connectivity index (χ1) is 19.2. The Bertz CT molecular complexity index is 1490. The third-order valence-electron chi connectivity index (χ3n) is 4.95. The van der Waals surface area contributed by atoms with Crippen LogP contribution in [0, 0.1) is 0 Å². The molecule has 8 N–H and O–H groups in total. The normalized spacial score (nSPS) is 17.5. The molecule has 1 aliphatic rings. The smallest absolute Gasteiger partial charge is 0.478 e. The highest BCUT2D eigenvalue weighted by Crippen LogP contribution is 2.25. The number of alkyl halides is 3. The maximum absolute atomic E-state index is 13.0. The number of thiazole rings is 1. The third-order valence-corrected chi connectivity index (χ3v) is 6.57. The van der Waals surface area contributed by atoms with Crippen LogP contribution in [0.3, 0.4) is 0 Å². The molecule has 42 heavy (non-hydrogen) atoms. The minimum atomic E-state index is -5.08. The van der Waals surface area contributed by atoms with Crippen molar-refractivity contribution in [3.63, 3.8) is 0 Å². The van der Waals surface area contributed by atoms with Crippen LogP contribution < -0.4 is 16.8 Å². The SMILES string of the molecule is CC(C)(O/N=C(/C(=O)N[C@@H]1C(=O)N(S(=O)(=O)O)[C@@H]1Cn1ncc(CN)n1)c1csc(N)n1)C(=O)O.O=C(O)C(F)(F)F. The second-order valence-electron chi connectivity index (χ2n) is 8.45. The molecule has 2 amide bonds. The summed E-state index contributed by atoms with van der Waals surface area (Å²) in [5.41, 5.74) is 9.02. The van der Waals surface area contributed by atoms with Crippen LogP contribution in [0.1, 0.15) is 25.2 Å². The highest BCUT2D eigenvalue weighted by atomic mass is 32.2. The highest BCUT2D eigenvalue weighted by molar-refractivity contribution is 7.84. The molecule has 0 aromatic carbocycles. The zero-order chi connectivity index (χ0) is 32.2. The van der Waals surface area contributed by atoms with Gasteiger partial charge in [-0.2, -0.15) is 36.6 Å². The van der Waals surface area contributed by atoms with Crippen molar-refractivity contribution >= 4 is 56.2 Å². The second kappa shape index (κ2) is 12.6. The molecular formula is C18H22F3N9O10S2. The van der Waals surface area contributed by atoms with Crippen molar-refractivity contribution in [1.82, 2.24) is 29.6 Å². The van der Waals surface area contributed by atoms with E-state index in [-0.39, 0.29) is 28.2 Å². The quantitative estimate of drug-likeness (QED) is 0.0718. The van der Waals surface area contributed by atoms with Gasteiger partial charge < -0.3 is 31.8 Å². The molecule has 0 spiro atoms. The first kappa shape index (κ1) is 33.8. The zero-order valence-electron chi connectivity index (χ0n) is 21.2. The van der Waals surface area contributed by atoms with E-state index in [9.17, 15) is 45.6 Å². The van der Waals surface area contributed by atoms with Crippen molar-refractivity contribution in [2.24, 2.45) is 10.9 Å². The fourth-order valence-corrected chi connectivity index (χ4v) is 4.25. The standard InChI is InChI=1S/C16H21N9O8S2.C2HF3O2/c1-16(2,14(28)29)33-23-10(8-6-34-15(18)20-8)12(26)21-11-9(25(13(11)27)35(30,31)32)5-24-19-4-7(3-17)22-24;3-2(4,5)1(6)7/h4,6,9,11H,3,5,17H2,1-2H3,(H2,18,20)(H,21,26)(H,28,29)(H,30,31,32);(H,6,7)/b23-10+;/t9-,11+;/m1./s1. The van der Waals surface area contributed by atoms with Crippen molar-refractivity contribution in [3.8, 4) is 0 Å². The Morgan fingerprint density at radius 1 is 1.24 bits per heavy atom. The van der Waals surface area contributed by atoms with Crippen molar-refractivity contribution in [3.05, 3.63) is 23.0 Å². The molecule has 2 aromatic heterocycles. The number of rotatable bonds is 10. The van der Waals surface area contributed by atoms with Crippen LogP contribution in [0.2, 0.25) is 0 Å². The maximum Gasteiger partial charge on any atom is 0.490 e. The van der Waals surface area contributed by atoms with Gasteiger partial charge in [0.05, 0.1) is 18.4 Å². The van der Waals surface area contributed by atoms with E-state index in [0.717, 1.165) is 16.1 Å². The molecule has 0 radical (unpaired) electrons. The fourth-order valence-electron chi connectivity index (χ4n) is 2.83. The molecule has 0 saturated carbocycles. The number of carbonyl (C=O) groups excluding carboxylic acids is 2. The van der Waals surface area contributed by atoms with E-state index in [4.69, 9.17) is 26.2 Å². The largest absolute Gasteiger partial charge is 0.490 e. The van der Waals surface area contributed by atoms with E-state index in [1.54, 1.807) is 0 Å². The number of carboxylic acids is 2. The number of nitrogens with zero attached hydrogens (tertiary/aromatic N) is 6. The van der Waals surface area contributed by atoms with Crippen molar-refractivity contribution in [1.29, 1.82) is 0 Å². The first-order valence-electron chi connectivity index (χ1n) is 10.9. The van der Waals surface area contributed by atoms with Gasteiger partial charge in [-0.1, -0.05) is 5.16 Å². The Morgan fingerprint density at radius 2 is 1.83 bits per heavy atom. The van der Waals surface area contributed by atoms with Gasteiger partial charge in [-0.25, -0.2) is 18.9 Å². The molecule has 1 saturated heterocycles. The number of amides is 2. The van der Waals surface area contributed by atoms with Gasteiger partial charge >= 0.3 is 28.4 Å². The lowest BCUT2D eigenvalue weighted by Gasteiger charge is -2.43. The Labute approximate surface area is 236 Å². The molecule has 1 fully saturated rings. The zero-order valence-corrected chi connectivity index (χ0v) is 22.8. The van der Waals surface area contributed by atoms with Crippen LogP contribution in [0.15, 0.2) is 16.7 Å². The third kappa shape index (κ3) is 8.30. The number of nitrogens with two attached hydrogens (primary N) is 2. The molecule has 2 aromatic rings.